The molecule has 0 spiro atoms. The van der Waals surface area contributed by atoms with Gasteiger partial charge < -0.3 is 29.4 Å². The molecule has 3 fully saturated rings. The number of unbranched alkanes of at least 4 members (excludes halogenated alkanes) is 1. The van der Waals surface area contributed by atoms with Gasteiger partial charge in [-0.25, -0.2) is 4.79 Å². The van der Waals surface area contributed by atoms with Crippen molar-refractivity contribution < 1.29 is 28.8 Å². The fourth-order valence-electron chi connectivity index (χ4n) is 5.11. The highest BCUT2D eigenvalue weighted by Gasteiger charge is 2.57. The van der Waals surface area contributed by atoms with Crippen LogP contribution >= 0.6 is 0 Å². The van der Waals surface area contributed by atoms with Gasteiger partial charge in [-0.1, -0.05) is 75.2 Å². The standard InChI is InChI=1S/C27H33NO6/c1-3-4-13-23(29)24(27-32-15-26(2,16-33-27)17-34-27)28-25(30)31-14-22-20-11-7-5-9-18(20)19-10-6-8-12-21(19)22/h5-12,22-24,29H,3-4,13-17H2,1-2H3,(H,28,30)/t23-,24-,26?,27?/m0/s1. The summed E-state index contributed by atoms with van der Waals surface area (Å²) < 4.78 is 23.5. The first-order valence-electron chi connectivity index (χ1n) is 12.2. The molecule has 4 aliphatic rings. The lowest BCUT2D eigenvalue weighted by molar-refractivity contribution is -0.477. The minimum Gasteiger partial charge on any atom is -0.449 e. The van der Waals surface area contributed by atoms with Crippen molar-refractivity contribution in [2.24, 2.45) is 5.41 Å². The molecule has 34 heavy (non-hydrogen) atoms. The van der Waals surface area contributed by atoms with Gasteiger partial charge in [0.2, 0.25) is 0 Å². The van der Waals surface area contributed by atoms with Crippen LogP contribution in [0.3, 0.4) is 0 Å². The third kappa shape index (κ3) is 4.22. The maximum Gasteiger partial charge on any atom is 0.407 e. The predicted octanol–water partition coefficient (Wildman–Crippen LogP) is 4.18. The minimum absolute atomic E-state index is 0.0476. The summed E-state index contributed by atoms with van der Waals surface area (Å²) >= 11 is 0. The number of hydrogen-bond donors (Lipinski definition) is 2. The number of fused-ring (bicyclic) bond motifs is 6. The number of rotatable bonds is 8. The normalized spacial score (nSPS) is 27.0. The van der Waals surface area contributed by atoms with E-state index in [1.165, 1.54) is 11.1 Å². The van der Waals surface area contributed by atoms with E-state index < -0.39 is 24.2 Å². The summed E-state index contributed by atoms with van der Waals surface area (Å²) in [6.07, 6.45) is 0.675. The Kier molecular flexibility index (Phi) is 6.37. The number of carbonyl (C=O) groups excluding carboxylic acids is 1. The molecule has 6 rings (SSSR count). The topological polar surface area (TPSA) is 86.3 Å². The highest BCUT2D eigenvalue weighted by atomic mass is 16.9. The molecule has 2 atom stereocenters. The number of aliphatic hydroxyl groups excluding tert-OH is 1. The Balaban J connectivity index is 1.30. The molecule has 7 nitrogen and oxygen atoms in total. The Bertz CT molecular complexity index is 969. The fraction of sp³-hybridized carbons (Fsp3) is 0.519. The second-order valence-corrected chi connectivity index (χ2v) is 9.94. The molecule has 0 aromatic heterocycles. The molecule has 2 aromatic rings. The van der Waals surface area contributed by atoms with Crippen molar-refractivity contribution in [3.05, 3.63) is 59.7 Å². The van der Waals surface area contributed by atoms with E-state index in [1.807, 2.05) is 31.2 Å². The zero-order valence-corrected chi connectivity index (χ0v) is 19.8. The van der Waals surface area contributed by atoms with Crippen LogP contribution in [-0.4, -0.2) is 55.7 Å². The smallest absolute Gasteiger partial charge is 0.407 e. The lowest BCUT2D eigenvalue weighted by atomic mass is 9.90. The lowest BCUT2D eigenvalue weighted by Crippen LogP contribution is -2.70. The van der Waals surface area contributed by atoms with E-state index in [0.29, 0.717) is 26.2 Å². The van der Waals surface area contributed by atoms with Crippen LogP contribution in [-0.2, 0) is 18.9 Å². The summed E-state index contributed by atoms with van der Waals surface area (Å²) in [5, 5.41) is 13.8. The molecule has 3 saturated heterocycles. The quantitative estimate of drug-likeness (QED) is 0.606. The Labute approximate surface area is 200 Å². The molecule has 1 aliphatic carbocycles. The fourth-order valence-corrected chi connectivity index (χ4v) is 5.11. The van der Waals surface area contributed by atoms with Crippen LogP contribution in [0, 0.1) is 5.41 Å². The van der Waals surface area contributed by atoms with Crippen molar-refractivity contribution in [2.75, 3.05) is 26.4 Å². The van der Waals surface area contributed by atoms with Crippen LogP contribution in [0.4, 0.5) is 4.79 Å². The molecule has 3 heterocycles. The summed E-state index contributed by atoms with van der Waals surface area (Å²) in [4.78, 5) is 13.0. The van der Waals surface area contributed by atoms with Crippen molar-refractivity contribution in [2.45, 2.75) is 57.1 Å². The van der Waals surface area contributed by atoms with Crippen LogP contribution in [0.25, 0.3) is 11.1 Å². The second-order valence-electron chi connectivity index (χ2n) is 9.94. The highest BCUT2D eigenvalue weighted by molar-refractivity contribution is 5.79. The van der Waals surface area contributed by atoms with Gasteiger partial charge in [0, 0.05) is 11.3 Å². The van der Waals surface area contributed by atoms with E-state index in [2.05, 4.69) is 36.5 Å². The summed E-state index contributed by atoms with van der Waals surface area (Å²) in [6, 6.07) is 15.5. The van der Waals surface area contributed by atoms with Crippen LogP contribution in [0.15, 0.2) is 48.5 Å². The van der Waals surface area contributed by atoms with Crippen molar-refractivity contribution in [3.63, 3.8) is 0 Å². The first-order valence-corrected chi connectivity index (χ1v) is 12.2. The summed E-state index contributed by atoms with van der Waals surface area (Å²) in [5.41, 5.74) is 4.40. The molecule has 0 saturated carbocycles. The van der Waals surface area contributed by atoms with Gasteiger partial charge in [-0.2, -0.15) is 0 Å². The molecular weight excluding hydrogens is 434 g/mol. The van der Waals surface area contributed by atoms with Crippen LogP contribution in [0.1, 0.15) is 50.2 Å². The monoisotopic (exact) mass is 467 g/mol. The van der Waals surface area contributed by atoms with E-state index in [-0.39, 0.29) is 17.9 Å². The van der Waals surface area contributed by atoms with E-state index in [9.17, 15) is 9.90 Å². The van der Waals surface area contributed by atoms with Crippen molar-refractivity contribution in [3.8, 4) is 11.1 Å². The number of hydrogen-bond acceptors (Lipinski definition) is 6. The summed E-state index contributed by atoms with van der Waals surface area (Å²) in [7, 11) is 0. The van der Waals surface area contributed by atoms with Crippen LogP contribution in [0.5, 0.6) is 0 Å². The first kappa shape index (κ1) is 23.3. The van der Waals surface area contributed by atoms with Crippen LogP contribution in [0.2, 0.25) is 0 Å². The molecular formula is C27H33NO6. The molecule has 0 radical (unpaired) electrons. The van der Waals surface area contributed by atoms with Gasteiger partial charge in [0.25, 0.3) is 0 Å². The number of aliphatic hydroxyl groups is 1. The molecule has 2 aromatic carbocycles. The molecule has 7 heteroatoms. The number of alkyl carbamates (subject to hydrolysis) is 1. The van der Waals surface area contributed by atoms with E-state index >= 15 is 0 Å². The largest absolute Gasteiger partial charge is 0.449 e. The minimum atomic E-state index is -1.50. The number of benzene rings is 2. The predicted molar refractivity (Wildman–Crippen MR) is 126 cm³/mol. The maximum atomic E-state index is 13.0. The van der Waals surface area contributed by atoms with Crippen LogP contribution < -0.4 is 5.32 Å². The molecule has 2 N–H and O–H groups in total. The number of amides is 1. The van der Waals surface area contributed by atoms with Gasteiger partial charge in [-0.15, -0.1) is 0 Å². The van der Waals surface area contributed by atoms with E-state index in [1.54, 1.807) is 0 Å². The second kappa shape index (κ2) is 9.30. The zero-order valence-electron chi connectivity index (χ0n) is 19.8. The molecule has 182 valence electrons. The zero-order chi connectivity index (χ0) is 23.8. The highest BCUT2D eigenvalue weighted by Crippen LogP contribution is 2.45. The SMILES string of the molecule is CCCC[C@H](O)[C@H](NC(=O)OCC1c2ccccc2-c2ccccc21)C12OCC(C)(CO1)CO2. The Morgan fingerprint density at radius 3 is 2.18 bits per heavy atom. The van der Waals surface area contributed by atoms with E-state index in [0.717, 1.165) is 24.0 Å². The average molecular weight is 468 g/mol. The summed E-state index contributed by atoms with van der Waals surface area (Å²) in [6.45, 7) is 5.58. The van der Waals surface area contributed by atoms with Gasteiger partial charge in [-0.05, 0) is 28.7 Å². The Morgan fingerprint density at radius 1 is 1.06 bits per heavy atom. The summed E-state index contributed by atoms with van der Waals surface area (Å²) in [5.74, 6) is -1.55. The third-order valence-electron chi connectivity index (χ3n) is 7.10. The molecule has 2 bridgehead atoms. The Morgan fingerprint density at radius 2 is 1.62 bits per heavy atom. The maximum absolute atomic E-state index is 13.0. The van der Waals surface area contributed by atoms with Gasteiger partial charge in [0.15, 0.2) is 0 Å². The lowest BCUT2D eigenvalue weighted by Gasteiger charge is -2.53. The molecule has 3 aliphatic heterocycles. The number of nitrogens with one attached hydrogen (secondary N) is 1. The van der Waals surface area contributed by atoms with Crippen molar-refractivity contribution in [1.82, 2.24) is 5.32 Å². The molecule has 0 unspecified atom stereocenters. The first-order chi connectivity index (χ1) is 16.4. The van der Waals surface area contributed by atoms with Gasteiger partial charge in [0.05, 0.1) is 25.9 Å². The Hall–Kier alpha value is -2.45. The van der Waals surface area contributed by atoms with Gasteiger partial charge in [-0.3, -0.25) is 0 Å². The van der Waals surface area contributed by atoms with Gasteiger partial charge in [0.1, 0.15) is 12.6 Å². The average Bonchev–Trinajstić information content (AvgIpc) is 3.19. The van der Waals surface area contributed by atoms with E-state index in [4.69, 9.17) is 18.9 Å². The van der Waals surface area contributed by atoms with Crippen molar-refractivity contribution in [1.29, 1.82) is 0 Å². The van der Waals surface area contributed by atoms with Crippen molar-refractivity contribution >= 4 is 6.09 Å². The number of carbonyl (C=O) groups is 1. The third-order valence-corrected chi connectivity index (χ3v) is 7.10. The molecule has 1 amide bonds. The van der Waals surface area contributed by atoms with Gasteiger partial charge >= 0.3 is 12.1 Å². The number of ether oxygens (including phenoxy) is 4.